The minimum Gasteiger partial charge on any atom is -0.391 e. The summed E-state index contributed by atoms with van der Waals surface area (Å²) in [5.41, 5.74) is -0.243. The van der Waals surface area contributed by atoms with Crippen molar-refractivity contribution in [1.82, 2.24) is 15.0 Å². The molecule has 0 aromatic carbocycles. The number of hydrogen-bond donors (Lipinski definition) is 1. The summed E-state index contributed by atoms with van der Waals surface area (Å²) in [7, 11) is 0. The smallest absolute Gasteiger partial charge is 0.391 e. The molecule has 3 aliphatic rings. The highest BCUT2D eigenvalue weighted by atomic mass is 19.4. The van der Waals surface area contributed by atoms with Crippen LogP contribution >= 0.6 is 0 Å². The standard InChI is InChI=1S/C17H24F3N3O2/c18-17(19,20)7-13(24)9-23-8-12-2-1-5-16(12,10-23)15-21-14(22-25-15)6-11-3-4-11/h11-13,24H,1-10H2/t12-,13-,16-/m1/s1. The first kappa shape index (κ1) is 17.3. The van der Waals surface area contributed by atoms with Crippen LogP contribution in [0, 0.1) is 11.8 Å². The molecule has 4 rings (SSSR count). The van der Waals surface area contributed by atoms with Gasteiger partial charge < -0.3 is 9.63 Å². The van der Waals surface area contributed by atoms with Crippen LogP contribution in [0.2, 0.25) is 0 Å². The van der Waals surface area contributed by atoms with E-state index < -0.39 is 18.7 Å². The van der Waals surface area contributed by atoms with Crippen LogP contribution in [0.25, 0.3) is 0 Å². The maximum Gasteiger partial charge on any atom is 0.391 e. The van der Waals surface area contributed by atoms with Crippen LogP contribution in [0.4, 0.5) is 13.2 Å². The third-order valence-corrected chi connectivity index (χ3v) is 5.94. The Kier molecular flexibility index (Phi) is 4.30. The summed E-state index contributed by atoms with van der Waals surface area (Å²) in [6, 6.07) is 0. The molecule has 2 saturated carbocycles. The molecule has 1 aromatic rings. The van der Waals surface area contributed by atoms with Crippen LogP contribution in [0.5, 0.6) is 0 Å². The number of aliphatic hydroxyl groups is 1. The highest BCUT2D eigenvalue weighted by molar-refractivity contribution is 5.17. The number of fused-ring (bicyclic) bond motifs is 1. The molecule has 0 radical (unpaired) electrons. The van der Waals surface area contributed by atoms with Crippen molar-refractivity contribution in [2.75, 3.05) is 19.6 Å². The van der Waals surface area contributed by atoms with Crippen molar-refractivity contribution in [3.8, 4) is 0 Å². The van der Waals surface area contributed by atoms with Gasteiger partial charge in [-0.3, -0.25) is 4.90 Å². The van der Waals surface area contributed by atoms with Crippen LogP contribution < -0.4 is 0 Å². The number of likely N-dealkylation sites (tertiary alicyclic amines) is 1. The Morgan fingerprint density at radius 1 is 1.32 bits per heavy atom. The fraction of sp³-hybridized carbons (Fsp3) is 0.882. The number of hydrogen-bond acceptors (Lipinski definition) is 5. The molecule has 1 N–H and O–H groups in total. The highest BCUT2D eigenvalue weighted by Gasteiger charge is 2.54. The minimum absolute atomic E-state index is 0.0425. The molecule has 1 aliphatic heterocycles. The van der Waals surface area contributed by atoms with Crippen molar-refractivity contribution in [2.45, 2.75) is 62.6 Å². The first-order valence-corrected chi connectivity index (χ1v) is 9.14. The second-order valence-corrected chi connectivity index (χ2v) is 8.08. The lowest BCUT2D eigenvalue weighted by Gasteiger charge is -2.25. The number of rotatable bonds is 6. The van der Waals surface area contributed by atoms with Gasteiger partial charge in [0.2, 0.25) is 5.89 Å². The maximum absolute atomic E-state index is 12.5. The Morgan fingerprint density at radius 3 is 2.84 bits per heavy atom. The van der Waals surface area contributed by atoms with E-state index in [-0.39, 0.29) is 12.0 Å². The van der Waals surface area contributed by atoms with E-state index in [1.54, 1.807) is 0 Å². The lowest BCUT2D eigenvalue weighted by atomic mass is 9.80. The quantitative estimate of drug-likeness (QED) is 0.846. The van der Waals surface area contributed by atoms with Gasteiger partial charge in [-0.2, -0.15) is 18.2 Å². The summed E-state index contributed by atoms with van der Waals surface area (Å²) in [6.45, 7) is 1.33. The number of nitrogens with zero attached hydrogens (tertiary/aromatic N) is 3. The van der Waals surface area contributed by atoms with Crippen molar-refractivity contribution in [2.24, 2.45) is 11.8 Å². The van der Waals surface area contributed by atoms with E-state index in [2.05, 4.69) is 10.1 Å². The fourth-order valence-corrected chi connectivity index (χ4v) is 4.63. The second kappa shape index (κ2) is 6.23. The highest BCUT2D eigenvalue weighted by Crippen LogP contribution is 2.50. The molecule has 8 heteroatoms. The van der Waals surface area contributed by atoms with Gasteiger partial charge in [0.25, 0.3) is 0 Å². The van der Waals surface area contributed by atoms with Gasteiger partial charge >= 0.3 is 6.18 Å². The first-order chi connectivity index (χ1) is 11.8. The van der Waals surface area contributed by atoms with Gasteiger partial charge in [-0.15, -0.1) is 0 Å². The lowest BCUT2D eigenvalue weighted by Crippen LogP contribution is -2.36. The Morgan fingerprint density at radius 2 is 2.12 bits per heavy atom. The van der Waals surface area contributed by atoms with Crippen LogP contribution in [0.1, 0.15) is 50.2 Å². The monoisotopic (exact) mass is 359 g/mol. The van der Waals surface area contributed by atoms with Crippen LogP contribution in [-0.4, -0.2) is 52.1 Å². The number of aliphatic hydroxyl groups excluding tert-OH is 1. The van der Waals surface area contributed by atoms with Crippen molar-refractivity contribution in [3.63, 3.8) is 0 Å². The average Bonchev–Trinajstić information content (AvgIpc) is 2.89. The molecule has 0 bridgehead atoms. The molecule has 0 spiro atoms. The van der Waals surface area contributed by atoms with E-state index in [1.807, 2.05) is 4.90 Å². The van der Waals surface area contributed by atoms with Gasteiger partial charge in [0.1, 0.15) is 0 Å². The second-order valence-electron chi connectivity index (χ2n) is 8.08. The van der Waals surface area contributed by atoms with Gasteiger partial charge in [0, 0.05) is 26.1 Å². The van der Waals surface area contributed by atoms with E-state index in [4.69, 9.17) is 4.52 Å². The summed E-state index contributed by atoms with van der Waals surface area (Å²) in [6.07, 6.45) is -0.554. The zero-order valence-electron chi connectivity index (χ0n) is 14.1. The SMILES string of the molecule is O[C@@H](CN1C[C@H]2CCC[C@@]2(c2nc(CC3CC3)no2)C1)CC(F)(F)F. The Labute approximate surface area is 144 Å². The summed E-state index contributed by atoms with van der Waals surface area (Å²) >= 11 is 0. The number of halogens is 3. The molecule has 5 nitrogen and oxygen atoms in total. The van der Waals surface area contributed by atoms with Crippen LogP contribution in [-0.2, 0) is 11.8 Å². The normalized spacial score (nSPS) is 31.4. The molecule has 3 fully saturated rings. The van der Waals surface area contributed by atoms with Gasteiger partial charge in [0.15, 0.2) is 5.82 Å². The zero-order chi connectivity index (χ0) is 17.7. The van der Waals surface area contributed by atoms with E-state index in [0.717, 1.165) is 31.5 Å². The summed E-state index contributed by atoms with van der Waals surface area (Å²) in [5.74, 6) is 2.41. The summed E-state index contributed by atoms with van der Waals surface area (Å²) in [4.78, 5) is 6.57. The largest absolute Gasteiger partial charge is 0.391 e. The molecule has 25 heavy (non-hydrogen) atoms. The van der Waals surface area contributed by atoms with Crippen LogP contribution in [0.3, 0.4) is 0 Å². The van der Waals surface area contributed by atoms with Crippen molar-refractivity contribution in [3.05, 3.63) is 11.7 Å². The molecular formula is C17H24F3N3O2. The van der Waals surface area contributed by atoms with Gasteiger partial charge in [-0.1, -0.05) is 11.6 Å². The van der Waals surface area contributed by atoms with E-state index in [1.165, 1.54) is 12.8 Å². The molecule has 1 saturated heterocycles. The first-order valence-electron chi connectivity index (χ1n) is 9.14. The van der Waals surface area contributed by atoms with Gasteiger partial charge in [0.05, 0.1) is 17.9 Å². The van der Waals surface area contributed by atoms with Gasteiger partial charge in [-0.05, 0) is 37.5 Å². The molecule has 2 heterocycles. The fourth-order valence-electron chi connectivity index (χ4n) is 4.63. The Balaban J connectivity index is 1.44. The molecule has 2 aliphatic carbocycles. The number of alkyl halides is 3. The molecule has 0 amide bonds. The number of β-amino-alcohol motifs (C(OH)–C–C–N with tert-alkyl or cyclic N) is 1. The molecule has 3 atom stereocenters. The van der Waals surface area contributed by atoms with Crippen molar-refractivity contribution >= 4 is 0 Å². The Hall–Kier alpha value is -1.15. The molecule has 1 aromatic heterocycles. The van der Waals surface area contributed by atoms with E-state index in [0.29, 0.717) is 30.8 Å². The minimum atomic E-state index is -4.34. The third kappa shape index (κ3) is 3.69. The lowest BCUT2D eigenvalue weighted by molar-refractivity contribution is -0.155. The molecular weight excluding hydrogens is 335 g/mol. The van der Waals surface area contributed by atoms with E-state index in [9.17, 15) is 18.3 Å². The molecule has 0 unspecified atom stereocenters. The van der Waals surface area contributed by atoms with E-state index >= 15 is 0 Å². The zero-order valence-corrected chi connectivity index (χ0v) is 14.1. The summed E-state index contributed by atoms with van der Waals surface area (Å²) in [5, 5.41) is 13.9. The van der Waals surface area contributed by atoms with Crippen molar-refractivity contribution in [1.29, 1.82) is 0 Å². The van der Waals surface area contributed by atoms with Crippen molar-refractivity contribution < 1.29 is 22.8 Å². The molecule has 140 valence electrons. The maximum atomic E-state index is 12.5. The predicted octanol–water partition coefficient (Wildman–Crippen LogP) is 2.69. The topological polar surface area (TPSA) is 62.4 Å². The average molecular weight is 359 g/mol. The summed E-state index contributed by atoms with van der Waals surface area (Å²) < 4.78 is 42.9. The Bertz CT molecular complexity index is 617. The third-order valence-electron chi connectivity index (χ3n) is 5.94. The van der Waals surface area contributed by atoms with Crippen LogP contribution in [0.15, 0.2) is 4.52 Å². The number of aromatic nitrogens is 2. The predicted molar refractivity (Wildman–Crippen MR) is 82.9 cm³/mol. The van der Waals surface area contributed by atoms with Gasteiger partial charge in [-0.25, -0.2) is 0 Å².